The first-order valence-corrected chi connectivity index (χ1v) is 7.71. The number of fused-ring (bicyclic) bond motifs is 1. The molecule has 1 aliphatic rings. The fourth-order valence-corrected chi connectivity index (χ4v) is 3.01. The van der Waals surface area contributed by atoms with Crippen LogP contribution in [0.15, 0.2) is 18.2 Å². The summed E-state index contributed by atoms with van der Waals surface area (Å²) in [5, 5.41) is 3.35. The number of hydrogen-bond acceptors (Lipinski definition) is 4. The Bertz CT molecular complexity index is 677. The normalized spacial score (nSPS) is 18.5. The van der Waals surface area contributed by atoms with Gasteiger partial charge in [0.05, 0.1) is 17.6 Å². The second-order valence-corrected chi connectivity index (χ2v) is 5.54. The summed E-state index contributed by atoms with van der Waals surface area (Å²) in [6.07, 6.45) is 2.09. The third-order valence-corrected chi connectivity index (χ3v) is 3.99. The van der Waals surface area contributed by atoms with E-state index < -0.39 is 0 Å². The minimum Gasteiger partial charge on any atom is -0.465 e. The van der Waals surface area contributed by atoms with Gasteiger partial charge < -0.3 is 14.6 Å². The van der Waals surface area contributed by atoms with E-state index in [1.807, 2.05) is 4.57 Å². The Hall–Kier alpha value is -1.95. The van der Waals surface area contributed by atoms with Crippen LogP contribution in [0.2, 0.25) is 0 Å². The molecule has 1 unspecified atom stereocenters. The van der Waals surface area contributed by atoms with Crippen molar-refractivity contribution in [1.29, 1.82) is 0 Å². The number of aromatic nitrogens is 2. The summed E-state index contributed by atoms with van der Waals surface area (Å²) in [6, 6.07) is 4.49. The Morgan fingerprint density at radius 3 is 3.14 bits per heavy atom. The molecule has 5 nitrogen and oxygen atoms in total. The molecule has 1 saturated heterocycles. The number of carbonyl (C=O) groups excluding carboxylic acids is 1. The SMILES string of the molecule is CCOC(=O)Cn1c(C2CCCNC2)nc2cc(F)ccc21. The molecular formula is C16H20FN3O2. The third kappa shape index (κ3) is 2.97. The number of halogens is 1. The molecule has 0 amide bonds. The summed E-state index contributed by atoms with van der Waals surface area (Å²) in [5.41, 5.74) is 1.36. The van der Waals surface area contributed by atoms with E-state index in [1.165, 1.54) is 12.1 Å². The van der Waals surface area contributed by atoms with Crippen LogP contribution in [-0.2, 0) is 16.1 Å². The largest absolute Gasteiger partial charge is 0.465 e. The summed E-state index contributed by atoms with van der Waals surface area (Å²) in [7, 11) is 0. The van der Waals surface area contributed by atoms with E-state index in [2.05, 4.69) is 10.3 Å². The van der Waals surface area contributed by atoms with Gasteiger partial charge in [-0.15, -0.1) is 0 Å². The van der Waals surface area contributed by atoms with Gasteiger partial charge in [-0.05, 0) is 38.4 Å². The van der Waals surface area contributed by atoms with Crippen molar-refractivity contribution in [3.8, 4) is 0 Å². The van der Waals surface area contributed by atoms with Gasteiger partial charge in [-0.1, -0.05) is 0 Å². The molecular weight excluding hydrogens is 285 g/mol. The molecule has 3 rings (SSSR count). The predicted molar refractivity (Wildman–Crippen MR) is 81.2 cm³/mol. The highest BCUT2D eigenvalue weighted by Crippen LogP contribution is 2.27. The highest BCUT2D eigenvalue weighted by atomic mass is 19.1. The first kappa shape index (κ1) is 15.0. The van der Waals surface area contributed by atoms with E-state index in [9.17, 15) is 9.18 Å². The zero-order valence-electron chi connectivity index (χ0n) is 12.6. The molecule has 0 bridgehead atoms. The average Bonchev–Trinajstić information content (AvgIpc) is 2.86. The minimum atomic E-state index is -0.318. The summed E-state index contributed by atoms with van der Waals surface area (Å²) in [4.78, 5) is 16.5. The first-order valence-electron chi connectivity index (χ1n) is 7.71. The number of imidazole rings is 1. The highest BCUT2D eigenvalue weighted by molar-refractivity contribution is 5.79. The van der Waals surface area contributed by atoms with Gasteiger partial charge >= 0.3 is 5.97 Å². The Morgan fingerprint density at radius 2 is 2.41 bits per heavy atom. The maximum atomic E-state index is 13.4. The third-order valence-electron chi connectivity index (χ3n) is 3.99. The van der Waals surface area contributed by atoms with Crippen molar-refractivity contribution in [2.75, 3.05) is 19.7 Å². The van der Waals surface area contributed by atoms with Gasteiger partial charge in [0, 0.05) is 18.5 Å². The van der Waals surface area contributed by atoms with Gasteiger partial charge in [0.15, 0.2) is 0 Å². The molecule has 2 aromatic rings. The standard InChI is InChI=1S/C16H20FN3O2/c1-2-22-15(21)10-20-14-6-5-12(17)8-13(14)19-16(20)11-4-3-7-18-9-11/h5-6,8,11,18H,2-4,7,9-10H2,1H3. The average molecular weight is 305 g/mol. The van der Waals surface area contributed by atoms with Crippen molar-refractivity contribution >= 4 is 17.0 Å². The van der Waals surface area contributed by atoms with E-state index in [0.717, 1.165) is 37.3 Å². The molecule has 1 aliphatic heterocycles. The maximum absolute atomic E-state index is 13.4. The molecule has 2 heterocycles. The molecule has 0 spiro atoms. The van der Waals surface area contributed by atoms with Crippen LogP contribution in [0, 0.1) is 5.82 Å². The van der Waals surface area contributed by atoms with Crippen molar-refractivity contribution in [2.45, 2.75) is 32.2 Å². The van der Waals surface area contributed by atoms with E-state index >= 15 is 0 Å². The van der Waals surface area contributed by atoms with Crippen molar-refractivity contribution in [1.82, 2.24) is 14.9 Å². The zero-order chi connectivity index (χ0) is 15.5. The number of carbonyl (C=O) groups is 1. The van der Waals surface area contributed by atoms with Crippen molar-refractivity contribution < 1.29 is 13.9 Å². The number of esters is 1. The minimum absolute atomic E-state index is 0.113. The van der Waals surface area contributed by atoms with Crippen molar-refractivity contribution in [2.24, 2.45) is 0 Å². The lowest BCUT2D eigenvalue weighted by molar-refractivity contribution is -0.143. The molecule has 118 valence electrons. The topological polar surface area (TPSA) is 56.1 Å². The second kappa shape index (κ2) is 6.44. The van der Waals surface area contributed by atoms with Crippen LogP contribution in [-0.4, -0.2) is 35.2 Å². The smallest absolute Gasteiger partial charge is 0.326 e. The molecule has 0 radical (unpaired) electrons. The molecule has 1 atom stereocenters. The van der Waals surface area contributed by atoms with Gasteiger partial charge in [-0.3, -0.25) is 4.79 Å². The molecule has 1 aromatic heterocycles. The van der Waals surface area contributed by atoms with Crippen molar-refractivity contribution in [3.05, 3.63) is 29.8 Å². The Labute approximate surface area is 128 Å². The van der Waals surface area contributed by atoms with E-state index in [0.29, 0.717) is 12.1 Å². The molecule has 1 N–H and O–H groups in total. The summed E-state index contributed by atoms with van der Waals surface area (Å²) < 4.78 is 20.4. The maximum Gasteiger partial charge on any atom is 0.326 e. The number of benzene rings is 1. The van der Waals surface area contributed by atoms with Gasteiger partial charge in [0.2, 0.25) is 0 Å². The molecule has 22 heavy (non-hydrogen) atoms. The van der Waals surface area contributed by atoms with Crippen LogP contribution in [0.4, 0.5) is 4.39 Å². The molecule has 1 aromatic carbocycles. The van der Waals surface area contributed by atoms with Crippen LogP contribution in [0.5, 0.6) is 0 Å². The van der Waals surface area contributed by atoms with Crippen molar-refractivity contribution in [3.63, 3.8) is 0 Å². The lowest BCUT2D eigenvalue weighted by Gasteiger charge is -2.23. The van der Waals surface area contributed by atoms with Crippen LogP contribution < -0.4 is 5.32 Å². The molecule has 0 aliphatic carbocycles. The van der Waals surface area contributed by atoms with Crippen LogP contribution in [0.25, 0.3) is 11.0 Å². The Morgan fingerprint density at radius 1 is 1.55 bits per heavy atom. The molecule has 0 saturated carbocycles. The fourth-order valence-electron chi connectivity index (χ4n) is 3.01. The van der Waals surface area contributed by atoms with Crippen LogP contribution in [0.1, 0.15) is 31.5 Å². The Kier molecular flexibility index (Phi) is 4.38. The number of piperidine rings is 1. The quantitative estimate of drug-likeness (QED) is 0.880. The number of nitrogens with zero attached hydrogens (tertiary/aromatic N) is 2. The fraction of sp³-hybridized carbons (Fsp3) is 0.500. The first-order chi connectivity index (χ1) is 10.7. The molecule has 1 fully saturated rings. The van der Waals surface area contributed by atoms with Crippen LogP contribution >= 0.6 is 0 Å². The van der Waals surface area contributed by atoms with E-state index in [4.69, 9.17) is 4.74 Å². The van der Waals surface area contributed by atoms with Gasteiger partial charge in [0.1, 0.15) is 18.2 Å². The van der Waals surface area contributed by atoms with Gasteiger partial charge in [-0.2, -0.15) is 0 Å². The summed E-state index contributed by atoms with van der Waals surface area (Å²) in [5.74, 6) is 0.456. The predicted octanol–water partition coefficient (Wildman–Crippen LogP) is 2.21. The second-order valence-electron chi connectivity index (χ2n) is 5.54. The molecule has 6 heteroatoms. The lowest BCUT2D eigenvalue weighted by Crippen LogP contribution is -2.30. The number of nitrogens with one attached hydrogen (secondary N) is 1. The zero-order valence-corrected chi connectivity index (χ0v) is 12.6. The van der Waals surface area contributed by atoms with E-state index in [1.54, 1.807) is 13.0 Å². The van der Waals surface area contributed by atoms with E-state index in [-0.39, 0.29) is 24.2 Å². The highest BCUT2D eigenvalue weighted by Gasteiger charge is 2.23. The lowest BCUT2D eigenvalue weighted by atomic mass is 9.99. The summed E-state index contributed by atoms with van der Waals surface area (Å²) in [6.45, 7) is 4.07. The number of rotatable bonds is 4. The Balaban J connectivity index is 2.02. The number of ether oxygens (including phenoxy) is 1. The van der Waals surface area contributed by atoms with Gasteiger partial charge in [-0.25, -0.2) is 9.37 Å². The monoisotopic (exact) mass is 305 g/mol. The number of hydrogen-bond donors (Lipinski definition) is 1. The summed E-state index contributed by atoms with van der Waals surface area (Å²) >= 11 is 0. The van der Waals surface area contributed by atoms with Crippen LogP contribution in [0.3, 0.4) is 0 Å². The van der Waals surface area contributed by atoms with Gasteiger partial charge in [0.25, 0.3) is 0 Å².